The van der Waals surface area contributed by atoms with Crippen molar-refractivity contribution in [3.63, 3.8) is 0 Å². The van der Waals surface area contributed by atoms with E-state index in [1.807, 2.05) is 0 Å². The third kappa shape index (κ3) is 1.32. The van der Waals surface area contributed by atoms with E-state index in [9.17, 15) is 8.78 Å². The first-order valence-electron chi connectivity index (χ1n) is 3.69. The molecule has 13 heavy (non-hydrogen) atoms. The molecule has 2 rings (SSSR count). The second-order valence-electron chi connectivity index (χ2n) is 2.69. The van der Waals surface area contributed by atoms with Crippen molar-refractivity contribution in [2.75, 3.05) is 5.73 Å². The van der Waals surface area contributed by atoms with Crippen LogP contribution in [-0.2, 0) is 0 Å². The molecule has 3 nitrogen and oxygen atoms in total. The van der Waals surface area contributed by atoms with Crippen LogP contribution >= 0.6 is 0 Å². The fraction of sp³-hybridized carbons (Fsp3) is 0.125. The van der Waals surface area contributed by atoms with E-state index in [0.717, 1.165) is 0 Å². The Morgan fingerprint density at radius 1 is 1.31 bits per heavy atom. The van der Waals surface area contributed by atoms with E-state index < -0.39 is 6.43 Å². The summed E-state index contributed by atoms with van der Waals surface area (Å²) in [6, 6.07) is 3.22. The molecule has 0 saturated heterocycles. The van der Waals surface area contributed by atoms with Crippen LogP contribution in [0.25, 0.3) is 5.65 Å². The topological polar surface area (TPSA) is 43.3 Å². The lowest BCUT2D eigenvalue weighted by molar-refractivity contribution is 0.147. The second kappa shape index (κ2) is 2.69. The van der Waals surface area contributed by atoms with Crippen LogP contribution in [0, 0.1) is 0 Å². The normalized spacial score (nSPS) is 11.3. The van der Waals surface area contributed by atoms with Gasteiger partial charge in [-0.05, 0) is 12.1 Å². The lowest BCUT2D eigenvalue weighted by Crippen LogP contribution is -1.88. The molecule has 0 amide bonds. The highest BCUT2D eigenvalue weighted by Crippen LogP contribution is 2.18. The Hall–Kier alpha value is -1.65. The number of nitrogens with zero attached hydrogens (tertiary/aromatic N) is 2. The molecule has 0 spiro atoms. The zero-order valence-corrected chi connectivity index (χ0v) is 6.61. The van der Waals surface area contributed by atoms with Gasteiger partial charge in [-0.1, -0.05) is 0 Å². The molecule has 0 aliphatic heterocycles. The molecule has 68 valence electrons. The summed E-state index contributed by atoms with van der Waals surface area (Å²) in [4.78, 5) is 3.71. The summed E-state index contributed by atoms with van der Waals surface area (Å²) in [7, 11) is 0. The number of pyridine rings is 1. The number of alkyl halides is 2. The van der Waals surface area contributed by atoms with Crippen LogP contribution < -0.4 is 5.73 Å². The average molecular weight is 183 g/mol. The highest BCUT2D eigenvalue weighted by molar-refractivity contribution is 5.48. The molecular weight excluding hydrogens is 176 g/mol. The first kappa shape index (κ1) is 7.97. The third-order valence-corrected chi connectivity index (χ3v) is 1.72. The molecule has 2 aromatic rings. The minimum Gasteiger partial charge on any atom is -0.398 e. The lowest BCUT2D eigenvalue weighted by atomic mass is 10.4. The molecule has 0 saturated carbocycles. The van der Waals surface area contributed by atoms with Gasteiger partial charge >= 0.3 is 0 Å². The maximum atomic E-state index is 12.2. The van der Waals surface area contributed by atoms with E-state index in [1.54, 1.807) is 18.3 Å². The first-order valence-corrected chi connectivity index (χ1v) is 3.69. The Balaban J connectivity index is 2.62. The van der Waals surface area contributed by atoms with Crippen molar-refractivity contribution in [2.45, 2.75) is 6.43 Å². The van der Waals surface area contributed by atoms with Gasteiger partial charge in [0, 0.05) is 18.1 Å². The van der Waals surface area contributed by atoms with Gasteiger partial charge < -0.3 is 10.1 Å². The molecule has 0 unspecified atom stereocenters. The molecule has 0 radical (unpaired) electrons. The zero-order chi connectivity index (χ0) is 9.42. The molecule has 2 N–H and O–H groups in total. The number of anilines is 1. The summed E-state index contributed by atoms with van der Waals surface area (Å²) in [5.41, 5.74) is 6.24. The van der Waals surface area contributed by atoms with E-state index in [1.165, 1.54) is 10.6 Å². The maximum absolute atomic E-state index is 12.2. The number of hydrogen-bond acceptors (Lipinski definition) is 2. The molecule has 2 heterocycles. The van der Waals surface area contributed by atoms with Crippen molar-refractivity contribution >= 4 is 11.3 Å². The van der Waals surface area contributed by atoms with Gasteiger partial charge in [0.2, 0.25) is 0 Å². The number of hydrogen-bond donors (Lipinski definition) is 1. The number of rotatable bonds is 1. The van der Waals surface area contributed by atoms with Crippen LogP contribution in [-0.4, -0.2) is 9.38 Å². The molecule has 0 aliphatic carbocycles. The molecule has 2 aromatic heterocycles. The van der Waals surface area contributed by atoms with E-state index in [4.69, 9.17) is 5.73 Å². The van der Waals surface area contributed by atoms with Crippen LogP contribution in [0.1, 0.15) is 12.1 Å². The standard InChI is InChI=1S/C8H7F2N3/c9-8(10)6-4-13-3-5(11)1-2-7(13)12-6/h1-4,8H,11H2. The Bertz CT molecular complexity index is 436. The van der Waals surface area contributed by atoms with Crippen LogP contribution in [0.3, 0.4) is 0 Å². The van der Waals surface area contributed by atoms with Gasteiger partial charge in [0.15, 0.2) is 0 Å². The fourth-order valence-corrected chi connectivity index (χ4v) is 1.13. The quantitative estimate of drug-likeness (QED) is 0.733. The summed E-state index contributed by atoms with van der Waals surface area (Å²) in [6.07, 6.45) is 0.283. The largest absolute Gasteiger partial charge is 0.398 e. The molecule has 5 heteroatoms. The van der Waals surface area contributed by atoms with Crippen LogP contribution in [0.5, 0.6) is 0 Å². The van der Waals surface area contributed by atoms with Crippen molar-refractivity contribution in [3.05, 3.63) is 30.2 Å². The summed E-state index contributed by atoms with van der Waals surface area (Å²) >= 11 is 0. The van der Waals surface area contributed by atoms with Gasteiger partial charge in [-0.3, -0.25) is 0 Å². The van der Waals surface area contributed by atoms with Gasteiger partial charge in [-0.15, -0.1) is 0 Å². The fourth-order valence-electron chi connectivity index (χ4n) is 1.13. The molecule has 0 bridgehead atoms. The Labute approximate surface area is 72.8 Å². The molecule has 0 aromatic carbocycles. The number of aromatic nitrogens is 2. The van der Waals surface area contributed by atoms with Gasteiger partial charge in [0.1, 0.15) is 11.3 Å². The average Bonchev–Trinajstić information content (AvgIpc) is 2.46. The highest BCUT2D eigenvalue weighted by Gasteiger charge is 2.11. The summed E-state index contributed by atoms with van der Waals surface area (Å²) < 4.78 is 25.9. The summed E-state index contributed by atoms with van der Waals surface area (Å²) in [5, 5.41) is 0. The van der Waals surface area contributed by atoms with Gasteiger partial charge in [0.05, 0.1) is 0 Å². The third-order valence-electron chi connectivity index (χ3n) is 1.72. The predicted octanol–water partition coefficient (Wildman–Crippen LogP) is 1.85. The predicted molar refractivity (Wildman–Crippen MR) is 44.6 cm³/mol. The lowest BCUT2D eigenvalue weighted by Gasteiger charge is -1.93. The van der Waals surface area contributed by atoms with Crippen LogP contribution in [0.4, 0.5) is 14.5 Å². The number of nitrogens with two attached hydrogens (primary N) is 1. The second-order valence-corrected chi connectivity index (χ2v) is 2.69. The smallest absolute Gasteiger partial charge is 0.281 e. The van der Waals surface area contributed by atoms with Crippen molar-refractivity contribution < 1.29 is 8.78 Å². The number of fused-ring (bicyclic) bond motifs is 1. The van der Waals surface area contributed by atoms with Crippen molar-refractivity contribution in [1.29, 1.82) is 0 Å². The van der Waals surface area contributed by atoms with E-state index >= 15 is 0 Å². The van der Waals surface area contributed by atoms with Gasteiger partial charge in [0.25, 0.3) is 6.43 Å². The number of imidazole rings is 1. The minimum atomic E-state index is -2.54. The highest BCUT2D eigenvalue weighted by atomic mass is 19.3. The van der Waals surface area contributed by atoms with E-state index in [-0.39, 0.29) is 5.69 Å². The Kier molecular flexibility index (Phi) is 1.65. The van der Waals surface area contributed by atoms with Crippen molar-refractivity contribution in [1.82, 2.24) is 9.38 Å². The van der Waals surface area contributed by atoms with E-state index in [2.05, 4.69) is 4.98 Å². The van der Waals surface area contributed by atoms with Crippen LogP contribution in [0.2, 0.25) is 0 Å². The monoisotopic (exact) mass is 183 g/mol. The summed E-state index contributed by atoms with van der Waals surface area (Å²) in [6.45, 7) is 0. The first-order chi connectivity index (χ1) is 6.16. The molecule has 0 fully saturated rings. The van der Waals surface area contributed by atoms with Crippen molar-refractivity contribution in [3.8, 4) is 0 Å². The molecule has 0 atom stereocenters. The van der Waals surface area contributed by atoms with Crippen molar-refractivity contribution in [2.24, 2.45) is 0 Å². The maximum Gasteiger partial charge on any atom is 0.281 e. The number of nitrogen functional groups attached to an aromatic ring is 1. The van der Waals surface area contributed by atoms with Gasteiger partial charge in [-0.2, -0.15) is 0 Å². The Morgan fingerprint density at radius 2 is 2.08 bits per heavy atom. The van der Waals surface area contributed by atoms with E-state index in [0.29, 0.717) is 11.3 Å². The molecular formula is C8H7F2N3. The Morgan fingerprint density at radius 3 is 2.77 bits per heavy atom. The zero-order valence-electron chi connectivity index (χ0n) is 6.61. The number of halogens is 2. The minimum absolute atomic E-state index is 0.231. The van der Waals surface area contributed by atoms with Crippen LogP contribution in [0.15, 0.2) is 24.5 Å². The SMILES string of the molecule is Nc1ccc2nc(C(F)F)cn2c1. The van der Waals surface area contributed by atoms with Gasteiger partial charge in [-0.25, -0.2) is 13.8 Å². The molecule has 0 aliphatic rings. The summed E-state index contributed by atoms with van der Waals surface area (Å²) in [5.74, 6) is 0.